The number of piperidine rings is 1. The lowest BCUT2D eigenvalue weighted by atomic mass is 9.87. The van der Waals surface area contributed by atoms with Crippen molar-refractivity contribution < 1.29 is 5.11 Å². The Bertz CT molecular complexity index is 794. The Hall–Kier alpha value is -1.75. The Labute approximate surface area is 169 Å². The first-order valence-corrected chi connectivity index (χ1v) is 10.8. The molecule has 150 valence electrons. The first-order chi connectivity index (χ1) is 13.6. The number of aromatic nitrogens is 1. The summed E-state index contributed by atoms with van der Waals surface area (Å²) in [6, 6.07) is 11.7. The van der Waals surface area contributed by atoms with Gasteiger partial charge in [0, 0.05) is 43.6 Å². The Kier molecular flexibility index (Phi) is 6.10. The van der Waals surface area contributed by atoms with E-state index in [0.29, 0.717) is 6.04 Å². The summed E-state index contributed by atoms with van der Waals surface area (Å²) in [7, 11) is 0. The predicted octanol–water partition coefficient (Wildman–Crippen LogP) is 3.82. The summed E-state index contributed by atoms with van der Waals surface area (Å²) in [6.45, 7) is 8.20. The van der Waals surface area contributed by atoms with E-state index in [1.54, 1.807) is 0 Å². The molecule has 4 rings (SSSR count). The standard InChI is InChI=1S/C24H33N3O/c1-17-14-18(2)26-23-5-3-4-22(24(17)23)25-15-19-6-8-20(9-7-19)16-27-12-10-21(28)11-13-27/h6-9,14,21-22,25,28H,3-5,10-13,15-16H2,1-2H3. The van der Waals surface area contributed by atoms with Gasteiger partial charge in [-0.3, -0.25) is 9.88 Å². The van der Waals surface area contributed by atoms with Crippen LogP contribution in [0, 0.1) is 13.8 Å². The maximum atomic E-state index is 9.65. The van der Waals surface area contributed by atoms with Crippen molar-refractivity contribution in [3.8, 4) is 0 Å². The van der Waals surface area contributed by atoms with Crippen molar-refractivity contribution >= 4 is 0 Å². The first kappa shape index (κ1) is 19.6. The molecule has 1 fully saturated rings. The smallest absolute Gasteiger partial charge is 0.0564 e. The minimum atomic E-state index is -0.0997. The highest BCUT2D eigenvalue weighted by molar-refractivity contribution is 5.36. The molecule has 2 aromatic rings. The molecular formula is C24H33N3O. The lowest BCUT2D eigenvalue weighted by Gasteiger charge is -2.29. The molecule has 0 saturated carbocycles. The topological polar surface area (TPSA) is 48.4 Å². The summed E-state index contributed by atoms with van der Waals surface area (Å²) in [5.74, 6) is 0. The van der Waals surface area contributed by atoms with E-state index < -0.39 is 0 Å². The molecule has 0 amide bonds. The minimum Gasteiger partial charge on any atom is -0.393 e. The lowest BCUT2D eigenvalue weighted by Crippen LogP contribution is -2.35. The van der Waals surface area contributed by atoms with Crippen LogP contribution >= 0.6 is 0 Å². The maximum Gasteiger partial charge on any atom is 0.0564 e. The molecule has 1 aromatic carbocycles. The lowest BCUT2D eigenvalue weighted by molar-refractivity contribution is 0.0792. The third-order valence-electron chi connectivity index (χ3n) is 6.27. The molecular weight excluding hydrogens is 346 g/mol. The number of fused-ring (bicyclic) bond motifs is 1. The van der Waals surface area contributed by atoms with Gasteiger partial charge in [0.25, 0.3) is 0 Å². The molecule has 2 heterocycles. The molecule has 1 atom stereocenters. The fourth-order valence-electron chi connectivity index (χ4n) is 4.75. The van der Waals surface area contributed by atoms with Crippen LogP contribution in [0.25, 0.3) is 0 Å². The molecule has 1 saturated heterocycles. The first-order valence-electron chi connectivity index (χ1n) is 10.8. The Morgan fingerprint density at radius 2 is 1.79 bits per heavy atom. The average molecular weight is 380 g/mol. The van der Waals surface area contributed by atoms with Crippen molar-refractivity contribution in [3.63, 3.8) is 0 Å². The Balaban J connectivity index is 1.35. The molecule has 1 unspecified atom stereocenters. The van der Waals surface area contributed by atoms with Gasteiger partial charge in [-0.05, 0) is 74.3 Å². The number of benzene rings is 1. The third-order valence-corrected chi connectivity index (χ3v) is 6.27. The van der Waals surface area contributed by atoms with E-state index in [4.69, 9.17) is 4.98 Å². The normalized spacial score (nSPS) is 20.9. The highest BCUT2D eigenvalue weighted by Gasteiger charge is 2.23. The number of nitrogens with one attached hydrogen (secondary N) is 1. The highest BCUT2D eigenvalue weighted by atomic mass is 16.3. The third kappa shape index (κ3) is 4.62. The van der Waals surface area contributed by atoms with Crippen LogP contribution < -0.4 is 5.32 Å². The van der Waals surface area contributed by atoms with Crippen molar-refractivity contribution in [3.05, 3.63) is 64.0 Å². The van der Waals surface area contributed by atoms with Crippen molar-refractivity contribution in [2.24, 2.45) is 0 Å². The van der Waals surface area contributed by atoms with E-state index in [2.05, 4.69) is 54.4 Å². The van der Waals surface area contributed by atoms with Crippen LogP contribution in [0.4, 0.5) is 0 Å². The molecule has 2 aliphatic rings. The Morgan fingerprint density at radius 1 is 1.07 bits per heavy atom. The van der Waals surface area contributed by atoms with E-state index in [1.807, 2.05) is 0 Å². The van der Waals surface area contributed by atoms with Crippen LogP contribution in [-0.4, -0.2) is 34.2 Å². The van der Waals surface area contributed by atoms with E-state index in [9.17, 15) is 5.11 Å². The van der Waals surface area contributed by atoms with Gasteiger partial charge >= 0.3 is 0 Å². The van der Waals surface area contributed by atoms with Gasteiger partial charge in [-0.15, -0.1) is 0 Å². The van der Waals surface area contributed by atoms with Gasteiger partial charge in [-0.1, -0.05) is 24.3 Å². The zero-order chi connectivity index (χ0) is 19.5. The number of aryl methyl sites for hydroxylation is 3. The van der Waals surface area contributed by atoms with Crippen molar-refractivity contribution in [1.29, 1.82) is 0 Å². The summed E-state index contributed by atoms with van der Waals surface area (Å²) in [5.41, 5.74) is 7.93. The summed E-state index contributed by atoms with van der Waals surface area (Å²) < 4.78 is 0. The van der Waals surface area contributed by atoms with Crippen LogP contribution in [0.2, 0.25) is 0 Å². The van der Waals surface area contributed by atoms with Gasteiger partial charge in [-0.2, -0.15) is 0 Å². The van der Waals surface area contributed by atoms with Crippen molar-refractivity contribution in [1.82, 2.24) is 15.2 Å². The Morgan fingerprint density at radius 3 is 2.54 bits per heavy atom. The summed E-state index contributed by atoms with van der Waals surface area (Å²) in [6.07, 6.45) is 5.22. The van der Waals surface area contributed by atoms with Gasteiger partial charge < -0.3 is 10.4 Å². The molecule has 4 heteroatoms. The predicted molar refractivity (Wildman–Crippen MR) is 113 cm³/mol. The molecule has 1 aliphatic heterocycles. The number of aliphatic hydroxyl groups is 1. The van der Waals surface area contributed by atoms with E-state index in [-0.39, 0.29) is 6.10 Å². The highest BCUT2D eigenvalue weighted by Crippen LogP contribution is 2.31. The monoisotopic (exact) mass is 379 g/mol. The molecule has 4 nitrogen and oxygen atoms in total. The van der Waals surface area contributed by atoms with E-state index >= 15 is 0 Å². The molecule has 2 N–H and O–H groups in total. The number of pyridine rings is 1. The van der Waals surface area contributed by atoms with Crippen LogP contribution in [0.1, 0.15) is 65.4 Å². The van der Waals surface area contributed by atoms with Crippen LogP contribution in [0.3, 0.4) is 0 Å². The molecule has 1 aliphatic carbocycles. The van der Waals surface area contributed by atoms with Crippen LogP contribution in [-0.2, 0) is 19.5 Å². The number of hydrogen-bond acceptors (Lipinski definition) is 4. The maximum absolute atomic E-state index is 9.65. The van der Waals surface area contributed by atoms with Crippen LogP contribution in [0.15, 0.2) is 30.3 Å². The number of aliphatic hydroxyl groups excluding tert-OH is 1. The zero-order valence-corrected chi connectivity index (χ0v) is 17.2. The minimum absolute atomic E-state index is 0.0997. The molecule has 0 radical (unpaired) electrons. The molecule has 1 aromatic heterocycles. The average Bonchev–Trinajstić information content (AvgIpc) is 2.69. The van der Waals surface area contributed by atoms with E-state index in [0.717, 1.165) is 51.1 Å². The molecule has 28 heavy (non-hydrogen) atoms. The SMILES string of the molecule is Cc1cc(C)c2c(n1)CCCC2NCc1ccc(CN2CCC(O)CC2)cc1. The molecule has 0 bridgehead atoms. The quantitative estimate of drug-likeness (QED) is 0.829. The van der Waals surface area contributed by atoms with Gasteiger partial charge in [-0.25, -0.2) is 0 Å². The van der Waals surface area contributed by atoms with Gasteiger partial charge in [0.2, 0.25) is 0 Å². The second-order valence-electron chi connectivity index (χ2n) is 8.59. The number of likely N-dealkylation sites (tertiary alicyclic amines) is 1. The second-order valence-corrected chi connectivity index (χ2v) is 8.59. The van der Waals surface area contributed by atoms with Crippen LogP contribution in [0.5, 0.6) is 0 Å². The largest absolute Gasteiger partial charge is 0.393 e. The zero-order valence-electron chi connectivity index (χ0n) is 17.2. The second kappa shape index (κ2) is 8.73. The summed E-state index contributed by atoms with van der Waals surface area (Å²) in [4.78, 5) is 7.23. The van der Waals surface area contributed by atoms with Gasteiger partial charge in [0.15, 0.2) is 0 Å². The van der Waals surface area contributed by atoms with Gasteiger partial charge in [0.05, 0.1) is 6.10 Å². The fraction of sp³-hybridized carbons (Fsp3) is 0.542. The number of rotatable bonds is 5. The number of nitrogens with zero attached hydrogens (tertiary/aromatic N) is 2. The van der Waals surface area contributed by atoms with E-state index in [1.165, 1.54) is 40.8 Å². The van der Waals surface area contributed by atoms with Gasteiger partial charge in [0.1, 0.15) is 0 Å². The number of hydrogen-bond donors (Lipinski definition) is 2. The summed E-state index contributed by atoms with van der Waals surface area (Å²) >= 11 is 0. The van der Waals surface area contributed by atoms with Crippen molar-refractivity contribution in [2.45, 2.75) is 71.2 Å². The molecule has 0 spiro atoms. The fourth-order valence-corrected chi connectivity index (χ4v) is 4.75. The van der Waals surface area contributed by atoms with Crippen molar-refractivity contribution in [2.75, 3.05) is 13.1 Å². The summed E-state index contributed by atoms with van der Waals surface area (Å²) in [5, 5.41) is 13.4.